The monoisotopic (exact) mass is 395 g/mol. The van der Waals surface area contributed by atoms with Crippen molar-refractivity contribution in [2.75, 3.05) is 25.4 Å². The van der Waals surface area contributed by atoms with E-state index in [9.17, 15) is 4.79 Å². The number of hydrogen-bond acceptors (Lipinski definition) is 3. The lowest BCUT2D eigenvalue weighted by Crippen LogP contribution is -2.60. The number of nitrogens with zero attached hydrogens (tertiary/aromatic N) is 2. The summed E-state index contributed by atoms with van der Waals surface area (Å²) in [5, 5.41) is 0. The summed E-state index contributed by atoms with van der Waals surface area (Å²) in [5.41, 5.74) is 8.34. The number of rotatable bonds is 3. The second-order valence-electron chi connectivity index (χ2n) is 7.03. The molecule has 0 aliphatic carbocycles. The Hall–Kier alpha value is -1.75. The van der Waals surface area contributed by atoms with Gasteiger partial charge in [0.1, 0.15) is 0 Å². The van der Waals surface area contributed by atoms with E-state index >= 15 is 0 Å². The van der Waals surface area contributed by atoms with Crippen LogP contribution in [-0.2, 0) is 6.54 Å². The number of benzene rings is 2. The maximum Gasteiger partial charge on any atom is 0.256 e. The molecule has 0 bridgehead atoms. The van der Waals surface area contributed by atoms with E-state index < -0.39 is 0 Å². The lowest BCUT2D eigenvalue weighted by molar-refractivity contribution is 0.0139. The first-order valence-electron chi connectivity index (χ1n) is 8.40. The molecule has 0 unspecified atom stereocenters. The molecule has 3 rings (SSSR count). The number of anilines is 1. The molecule has 1 fully saturated rings. The molecule has 0 aromatic heterocycles. The molecule has 1 saturated heterocycles. The molecule has 2 N–H and O–H groups in total. The van der Waals surface area contributed by atoms with Gasteiger partial charge in [0, 0.05) is 37.4 Å². The summed E-state index contributed by atoms with van der Waals surface area (Å²) in [6.45, 7) is 7.59. The van der Waals surface area contributed by atoms with Crippen molar-refractivity contribution >= 4 is 36.4 Å². The highest BCUT2D eigenvalue weighted by atomic mass is 35.5. The van der Waals surface area contributed by atoms with Gasteiger partial charge in [0.05, 0.1) is 5.56 Å². The fourth-order valence-electron chi connectivity index (χ4n) is 3.32. The Balaban J connectivity index is 0.00000169. The van der Waals surface area contributed by atoms with Crippen LogP contribution in [0.4, 0.5) is 5.69 Å². The Labute approximate surface area is 168 Å². The number of amides is 1. The molecule has 142 valence electrons. The van der Waals surface area contributed by atoms with Crippen LogP contribution in [0, 0.1) is 0 Å². The minimum absolute atomic E-state index is 0. The first kappa shape index (κ1) is 22.3. The Kier molecular flexibility index (Phi) is 7.94. The highest BCUT2D eigenvalue weighted by Gasteiger charge is 2.35. The minimum Gasteiger partial charge on any atom is -0.398 e. The Morgan fingerprint density at radius 2 is 1.62 bits per heavy atom. The molecule has 26 heavy (non-hydrogen) atoms. The summed E-state index contributed by atoms with van der Waals surface area (Å²) in [6, 6.07) is 17.8. The van der Waals surface area contributed by atoms with Crippen LogP contribution in [0.1, 0.15) is 29.8 Å². The zero-order chi connectivity index (χ0) is 17.2. The molecule has 0 atom stereocenters. The smallest absolute Gasteiger partial charge is 0.256 e. The number of halogens is 2. The van der Waals surface area contributed by atoms with Gasteiger partial charge in [-0.05, 0) is 31.5 Å². The van der Waals surface area contributed by atoms with E-state index in [2.05, 4.69) is 43.0 Å². The molecule has 1 aliphatic heterocycles. The fraction of sp³-hybridized carbons (Fsp3) is 0.350. The van der Waals surface area contributed by atoms with Gasteiger partial charge in [0.2, 0.25) is 0 Å². The van der Waals surface area contributed by atoms with Gasteiger partial charge in [-0.2, -0.15) is 0 Å². The summed E-state index contributed by atoms with van der Waals surface area (Å²) in [5.74, 6) is 0.0283. The summed E-state index contributed by atoms with van der Waals surface area (Å²) in [6.07, 6.45) is 0. The van der Waals surface area contributed by atoms with Crippen molar-refractivity contribution in [1.29, 1.82) is 0 Å². The third-order valence-corrected chi connectivity index (χ3v) is 4.77. The van der Waals surface area contributed by atoms with Gasteiger partial charge < -0.3 is 10.6 Å². The second kappa shape index (κ2) is 9.26. The van der Waals surface area contributed by atoms with Gasteiger partial charge in [-0.25, -0.2) is 0 Å². The summed E-state index contributed by atoms with van der Waals surface area (Å²) in [7, 11) is 0. The van der Waals surface area contributed by atoms with Crippen LogP contribution in [0.5, 0.6) is 0 Å². The van der Waals surface area contributed by atoms with Gasteiger partial charge >= 0.3 is 0 Å². The Bertz CT molecular complexity index is 722. The van der Waals surface area contributed by atoms with Gasteiger partial charge in [0.15, 0.2) is 0 Å². The maximum absolute atomic E-state index is 12.8. The van der Waals surface area contributed by atoms with E-state index in [-0.39, 0.29) is 36.3 Å². The summed E-state index contributed by atoms with van der Waals surface area (Å²) < 4.78 is 0. The molecular weight excluding hydrogens is 369 g/mol. The van der Waals surface area contributed by atoms with Crippen molar-refractivity contribution in [3.8, 4) is 0 Å². The predicted molar refractivity (Wildman–Crippen MR) is 112 cm³/mol. The molecule has 1 amide bonds. The topological polar surface area (TPSA) is 49.6 Å². The molecule has 4 nitrogen and oxygen atoms in total. The summed E-state index contributed by atoms with van der Waals surface area (Å²) >= 11 is 0. The van der Waals surface area contributed by atoms with Crippen LogP contribution in [0.25, 0.3) is 0 Å². The van der Waals surface area contributed by atoms with Crippen LogP contribution < -0.4 is 5.73 Å². The van der Waals surface area contributed by atoms with Crippen LogP contribution in [0.15, 0.2) is 54.6 Å². The van der Waals surface area contributed by atoms with E-state index in [1.54, 1.807) is 12.1 Å². The number of piperazine rings is 1. The first-order chi connectivity index (χ1) is 11.5. The summed E-state index contributed by atoms with van der Waals surface area (Å²) in [4.78, 5) is 17.2. The van der Waals surface area contributed by atoms with Crippen LogP contribution in [-0.4, -0.2) is 40.9 Å². The Morgan fingerprint density at radius 1 is 1.00 bits per heavy atom. The van der Waals surface area contributed by atoms with Crippen molar-refractivity contribution < 1.29 is 4.79 Å². The lowest BCUT2D eigenvalue weighted by atomic mass is 9.97. The van der Waals surface area contributed by atoms with Crippen molar-refractivity contribution in [3.63, 3.8) is 0 Å². The standard InChI is InChI=1S/C20H25N3O.2ClH/c1-20(2)15-22(19(24)17-10-6-7-11-18(17)21)12-13-23(20)14-16-8-4-3-5-9-16;;/h3-11H,12-15,21H2,1-2H3;2*1H. The largest absolute Gasteiger partial charge is 0.398 e. The number of hydrogen-bond donors (Lipinski definition) is 1. The number of carbonyl (C=O) groups excluding carboxylic acids is 1. The third kappa shape index (κ3) is 4.91. The van der Waals surface area contributed by atoms with Gasteiger partial charge in [-0.3, -0.25) is 9.69 Å². The number of carbonyl (C=O) groups is 1. The van der Waals surface area contributed by atoms with E-state index in [1.807, 2.05) is 23.1 Å². The third-order valence-electron chi connectivity index (χ3n) is 4.77. The van der Waals surface area contributed by atoms with Gasteiger partial charge in [0.25, 0.3) is 5.91 Å². The number of para-hydroxylation sites is 1. The zero-order valence-electron chi connectivity index (χ0n) is 15.2. The molecular formula is C20H27Cl2N3O. The first-order valence-corrected chi connectivity index (χ1v) is 8.40. The quantitative estimate of drug-likeness (QED) is 0.802. The van der Waals surface area contributed by atoms with Gasteiger partial charge in [-0.1, -0.05) is 42.5 Å². The highest BCUT2D eigenvalue weighted by molar-refractivity contribution is 5.99. The Morgan fingerprint density at radius 3 is 2.23 bits per heavy atom. The average molecular weight is 396 g/mol. The molecule has 2 aromatic carbocycles. The molecule has 1 heterocycles. The molecule has 0 saturated carbocycles. The second-order valence-corrected chi connectivity index (χ2v) is 7.03. The minimum atomic E-state index is -0.0761. The lowest BCUT2D eigenvalue weighted by Gasteiger charge is -2.47. The molecule has 6 heteroatoms. The van der Waals surface area contributed by atoms with Gasteiger partial charge in [-0.15, -0.1) is 24.8 Å². The predicted octanol–water partition coefficient (Wildman–Crippen LogP) is 3.85. The zero-order valence-corrected chi connectivity index (χ0v) is 16.9. The van der Waals surface area contributed by atoms with Crippen LogP contribution >= 0.6 is 24.8 Å². The van der Waals surface area contributed by atoms with Crippen molar-refractivity contribution in [1.82, 2.24) is 9.80 Å². The van der Waals surface area contributed by atoms with E-state index in [0.29, 0.717) is 17.8 Å². The number of nitrogens with two attached hydrogens (primary N) is 1. The fourth-order valence-corrected chi connectivity index (χ4v) is 3.32. The number of nitrogen functional groups attached to an aromatic ring is 1. The molecule has 1 aliphatic rings. The van der Waals surface area contributed by atoms with Crippen LogP contribution in [0.3, 0.4) is 0 Å². The maximum atomic E-state index is 12.8. The van der Waals surface area contributed by atoms with Crippen LogP contribution in [0.2, 0.25) is 0 Å². The van der Waals surface area contributed by atoms with E-state index in [4.69, 9.17) is 5.73 Å². The highest BCUT2D eigenvalue weighted by Crippen LogP contribution is 2.25. The SMILES string of the molecule is CC1(C)CN(C(=O)c2ccccc2N)CCN1Cc1ccccc1.Cl.Cl. The van der Waals surface area contributed by atoms with Crippen molar-refractivity contribution in [2.24, 2.45) is 0 Å². The molecule has 0 radical (unpaired) electrons. The van der Waals surface area contributed by atoms with E-state index in [1.165, 1.54) is 5.56 Å². The van der Waals surface area contributed by atoms with Crippen molar-refractivity contribution in [3.05, 3.63) is 65.7 Å². The normalized spacial score (nSPS) is 16.3. The molecule has 2 aromatic rings. The van der Waals surface area contributed by atoms with Crippen molar-refractivity contribution in [2.45, 2.75) is 25.9 Å². The average Bonchev–Trinajstić information content (AvgIpc) is 2.57. The van der Waals surface area contributed by atoms with E-state index in [0.717, 1.165) is 19.6 Å². The molecule has 0 spiro atoms.